The number of benzene rings is 2. The van der Waals surface area contributed by atoms with Crippen LogP contribution in [-0.2, 0) is 25.7 Å². The summed E-state index contributed by atoms with van der Waals surface area (Å²) < 4.78 is 5.67. The van der Waals surface area contributed by atoms with Gasteiger partial charge in [0.15, 0.2) is 0 Å². The maximum atomic E-state index is 13.3. The summed E-state index contributed by atoms with van der Waals surface area (Å²) in [4.78, 5) is 38.3. The molecule has 3 rings (SSSR count). The van der Waals surface area contributed by atoms with E-state index in [9.17, 15) is 14.4 Å². The summed E-state index contributed by atoms with van der Waals surface area (Å²) in [6.45, 7) is 7.29. The summed E-state index contributed by atoms with van der Waals surface area (Å²) in [6.07, 6.45) is 0.224. The normalized spacial score (nSPS) is 13.2. The van der Waals surface area contributed by atoms with Gasteiger partial charge in [-0.25, -0.2) is 0 Å². The number of para-hydroxylation sites is 1. The molecule has 0 bridgehead atoms. The van der Waals surface area contributed by atoms with Crippen LogP contribution in [0.4, 0.5) is 5.69 Å². The first-order valence-electron chi connectivity index (χ1n) is 12.2. The molecule has 190 valence electrons. The van der Waals surface area contributed by atoms with Gasteiger partial charge < -0.3 is 20.1 Å². The van der Waals surface area contributed by atoms with Crippen LogP contribution in [0.3, 0.4) is 0 Å². The fraction of sp³-hybridized carbons (Fsp3) is 0.414. The highest BCUT2D eigenvalue weighted by atomic mass is 16.5. The van der Waals surface area contributed by atoms with E-state index in [1.807, 2.05) is 69.3 Å². The van der Waals surface area contributed by atoms with Gasteiger partial charge in [-0.2, -0.15) is 0 Å². The van der Waals surface area contributed by atoms with Crippen LogP contribution >= 0.6 is 0 Å². The lowest BCUT2D eigenvalue weighted by Gasteiger charge is -2.27. The van der Waals surface area contributed by atoms with Crippen LogP contribution in [0.15, 0.2) is 48.5 Å². The van der Waals surface area contributed by atoms with E-state index in [1.165, 1.54) is 0 Å². The van der Waals surface area contributed by atoms with Gasteiger partial charge in [0.25, 0.3) is 0 Å². The Hall–Kier alpha value is -3.63. The van der Waals surface area contributed by atoms with Gasteiger partial charge in [-0.3, -0.25) is 14.4 Å². The predicted molar refractivity (Wildman–Crippen MR) is 138 cm³/mol. The Morgan fingerprint density at radius 3 is 2.47 bits per heavy atom. The number of carbonyl (C=O) groups excluding carboxylic acids is 2. The minimum Gasteiger partial charge on any atom is -0.481 e. The molecule has 36 heavy (non-hydrogen) atoms. The third-order valence-electron chi connectivity index (χ3n) is 5.92. The topological polar surface area (TPSA) is 95.9 Å². The Bertz CT molecular complexity index is 1160. The summed E-state index contributed by atoms with van der Waals surface area (Å²) in [5, 5.41) is 11.7. The Balaban J connectivity index is 1.54. The molecule has 2 aromatic carbocycles. The molecule has 2 amide bonds. The van der Waals surface area contributed by atoms with E-state index in [0.717, 1.165) is 22.4 Å². The van der Waals surface area contributed by atoms with E-state index in [2.05, 4.69) is 17.2 Å². The number of carboxylic acid groups (broad SMARTS) is 1. The van der Waals surface area contributed by atoms with Crippen molar-refractivity contribution in [1.82, 2.24) is 5.32 Å². The third kappa shape index (κ3) is 7.96. The van der Waals surface area contributed by atoms with Gasteiger partial charge in [0.1, 0.15) is 0 Å². The largest absolute Gasteiger partial charge is 0.481 e. The van der Waals surface area contributed by atoms with Gasteiger partial charge in [-0.15, -0.1) is 0 Å². The predicted octanol–water partition coefficient (Wildman–Crippen LogP) is 3.98. The highest BCUT2D eigenvalue weighted by Gasteiger charge is 2.23. The lowest BCUT2D eigenvalue weighted by molar-refractivity contribution is -0.138. The van der Waals surface area contributed by atoms with Crippen LogP contribution in [0.2, 0.25) is 0 Å². The number of hydrogen-bond acceptors (Lipinski definition) is 4. The highest BCUT2D eigenvalue weighted by molar-refractivity contribution is 5.96. The minimum atomic E-state index is -0.844. The maximum absolute atomic E-state index is 13.3. The lowest BCUT2D eigenvalue weighted by atomic mass is 9.94. The molecule has 0 fully saturated rings. The zero-order valence-electron chi connectivity index (χ0n) is 21.2. The second-order valence-corrected chi connectivity index (χ2v) is 10.1. The van der Waals surface area contributed by atoms with Crippen LogP contribution in [0.5, 0.6) is 0 Å². The number of aliphatic carboxylic acids is 1. The summed E-state index contributed by atoms with van der Waals surface area (Å²) in [5.74, 6) is 5.13. The number of anilines is 1. The van der Waals surface area contributed by atoms with Crippen molar-refractivity contribution in [2.45, 2.75) is 46.6 Å². The fourth-order valence-corrected chi connectivity index (χ4v) is 3.93. The SMILES string of the molecule is CC(COCC(C)(C)CNC(=O)CCC(=O)N1Cc2ccccc2C#Cc2ccccc21)CC(=O)O. The molecule has 1 heterocycles. The second-order valence-electron chi connectivity index (χ2n) is 10.1. The van der Waals surface area contributed by atoms with Gasteiger partial charge in [-0.05, 0) is 29.7 Å². The zero-order chi connectivity index (χ0) is 26.1. The molecule has 1 unspecified atom stereocenters. The van der Waals surface area contributed by atoms with E-state index < -0.39 is 5.97 Å². The van der Waals surface area contributed by atoms with E-state index in [-0.39, 0.29) is 42.4 Å². The molecule has 7 heteroatoms. The molecule has 0 aromatic heterocycles. The molecule has 0 radical (unpaired) electrons. The van der Waals surface area contributed by atoms with Crippen molar-refractivity contribution in [3.05, 3.63) is 65.2 Å². The zero-order valence-corrected chi connectivity index (χ0v) is 21.2. The first kappa shape index (κ1) is 27.0. The van der Waals surface area contributed by atoms with Crippen LogP contribution < -0.4 is 10.2 Å². The second kappa shape index (κ2) is 12.4. The molecule has 0 spiro atoms. The van der Waals surface area contributed by atoms with Gasteiger partial charge in [0, 0.05) is 42.5 Å². The molecule has 1 aliphatic heterocycles. The lowest BCUT2D eigenvalue weighted by Crippen LogP contribution is -2.38. The van der Waals surface area contributed by atoms with Gasteiger partial charge in [0.2, 0.25) is 11.8 Å². The number of nitrogens with zero attached hydrogens (tertiary/aromatic N) is 1. The van der Waals surface area contributed by atoms with Crippen LogP contribution in [0, 0.1) is 23.2 Å². The number of carboxylic acids is 1. The number of ether oxygens (including phenoxy) is 1. The first-order chi connectivity index (χ1) is 17.1. The number of nitrogens with one attached hydrogen (secondary N) is 1. The molecule has 2 aromatic rings. The van der Waals surface area contributed by atoms with E-state index in [0.29, 0.717) is 26.3 Å². The van der Waals surface area contributed by atoms with Crippen molar-refractivity contribution in [2.24, 2.45) is 11.3 Å². The summed E-state index contributed by atoms with van der Waals surface area (Å²) in [7, 11) is 0. The summed E-state index contributed by atoms with van der Waals surface area (Å²) in [6, 6.07) is 15.3. The standard InChI is InChI=1S/C29H34N2O5/c1-21(16-28(34)35)18-36-20-29(2,3)19-30-26(32)14-15-27(33)31-17-24-10-5-4-8-22(24)12-13-23-9-6-7-11-25(23)31/h4-11,21H,14-20H2,1-3H3,(H,30,32)(H,34,35). The molecule has 1 aliphatic rings. The number of rotatable bonds is 11. The first-order valence-corrected chi connectivity index (χ1v) is 12.2. The van der Waals surface area contributed by atoms with Crippen molar-refractivity contribution in [1.29, 1.82) is 0 Å². The van der Waals surface area contributed by atoms with Gasteiger partial charge in [-0.1, -0.05) is 62.9 Å². The van der Waals surface area contributed by atoms with Crippen LogP contribution in [0.1, 0.15) is 56.7 Å². The fourth-order valence-electron chi connectivity index (χ4n) is 3.93. The van der Waals surface area contributed by atoms with Crippen molar-refractivity contribution >= 4 is 23.5 Å². The number of hydrogen-bond donors (Lipinski definition) is 2. The molecular formula is C29H34N2O5. The molecule has 2 N–H and O–H groups in total. The quantitative estimate of drug-likeness (QED) is 0.465. The van der Waals surface area contributed by atoms with Gasteiger partial charge >= 0.3 is 5.97 Å². The van der Waals surface area contributed by atoms with Crippen LogP contribution in [-0.4, -0.2) is 42.6 Å². The molecule has 1 atom stereocenters. The van der Waals surface area contributed by atoms with Crippen LogP contribution in [0.25, 0.3) is 0 Å². The molecular weight excluding hydrogens is 456 g/mol. The monoisotopic (exact) mass is 490 g/mol. The van der Waals surface area contributed by atoms with Gasteiger partial charge in [0.05, 0.1) is 25.3 Å². The Morgan fingerprint density at radius 2 is 1.72 bits per heavy atom. The molecule has 7 nitrogen and oxygen atoms in total. The maximum Gasteiger partial charge on any atom is 0.303 e. The average Bonchev–Trinajstić information content (AvgIpc) is 2.82. The Morgan fingerprint density at radius 1 is 1.06 bits per heavy atom. The van der Waals surface area contributed by atoms with E-state index in [4.69, 9.17) is 9.84 Å². The molecule has 0 saturated carbocycles. The number of fused-ring (bicyclic) bond motifs is 2. The van der Waals surface area contributed by atoms with Crippen molar-refractivity contribution in [3.8, 4) is 11.8 Å². The number of carbonyl (C=O) groups is 3. The Kier molecular flexibility index (Phi) is 9.26. The highest BCUT2D eigenvalue weighted by Crippen LogP contribution is 2.26. The van der Waals surface area contributed by atoms with E-state index >= 15 is 0 Å². The average molecular weight is 491 g/mol. The summed E-state index contributed by atoms with van der Waals surface area (Å²) in [5.41, 5.74) is 3.07. The summed E-state index contributed by atoms with van der Waals surface area (Å²) >= 11 is 0. The minimum absolute atomic E-state index is 0.0604. The number of amides is 2. The molecule has 0 saturated heterocycles. The smallest absolute Gasteiger partial charge is 0.303 e. The van der Waals surface area contributed by atoms with Crippen molar-refractivity contribution in [3.63, 3.8) is 0 Å². The van der Waals surface area contributed by atoms with Crippen molar-refractivity contribution < 1.29 is 24.2 Å². The third-order valence-corrected chi connectivity index (χ3v) is 5.92. The van der Waals surface area contributed by atoms with E-state index in [1.54, 1.807) is 4.90 Å². The van der Waals surface area contributed by atoms with Crippen molar-refractivity contribution in [2.75, 3.05) is 24.7 Å². The Labute approximate surface area is 212 Å². The molecule has 0 aliphatic carbocycles.